The van der Waals surface area contributed by atoms with Crippen molar-refractivity contribution < 1.29 is 9.90 Å². The molecule has 0 spiro atoms. The van der Waals surface area contributed by atoms with Crippen LogP contribution >= 0.6 is 0 Å². The van der Waals surface area contributed by atoms with Gasteiger partial charge in [0.2, 0.25) is 0 Å². The molecule has 3 aromatic carbocycles. The molecule has 2 nitrogen and oxygen atoms in total. The quantitative estimate of drug-likeness (QED) is 0.653. The van der Waals surface area contributed by atoms with Gasteiger partial charge in [-0.2, -0.15) is 0 Å². The van der Waals surface area contributed by atoms with Gasteiger partial charge in [-0.1, -0.05) is 72.8 Å². The number of fused-ring (bicyclic) bond motifs is 2. The highest BCUT2D eigenvalue weighted by molar-refractivity contribution is 5.87. The van der Waals surface area contributed by atoms with Crippen molar-refractivity contribution in [1.82, 2.24) is 0 Å². The Morgan fingerprint density at radius 3 is 2.04 bits per heavy atom. The maximum Gasteiger partial charge on any atom is 0.335 e. The Morgan fingerprint density at radius 1 is 0.821 bits per heavy atom. The molecule has 0 radical (unpaired) electrons. The Balaban J connectivity index is 0.000000177. The van der Waals surface area contributed by atoms with Gasteiger partial charge in [0.15, 0.2) is 0 Å². The van der Waals surface area contributed by atoms with E-state index >= 15 is 0 Å². The van der Waals surface area contributed by atoms with Gasteiger partial charge in [0.05, 0.1) is 5.56 Å². The number of allylic oxidation sites excluding steroid dienone is 1. The topological polar surface area (TPSA) is 37.3 Å². The lowest BCUT2D eigenvalue weighted by molar-refractivity contribution is 0.0697. The lowest BCUT2D eigenvalue weighted by atomic mass is 9.96. The summed E-state index contributed by atoms with van der Waals surface area (Å²) in [6, 6.07) is 24.4. The zero-order chi connectivity index (χ0) is 19.3. The predicted molar refractivity (Wildman–Crippen MR) is 114 cm³/mol. The standard InChI is InChI=1S/C17H16O2.C9H8/c18-17(19)14-7-5-12(6-8-14)9-13-10-15-3-1-2-4-16(15)11-13;1-2-5-9-7-3-6-8(9)4-1/h1-8,13H,9-11H2,(H,18,19);1-6H,7H2. The molecular weight excluding hydrogens is 344 g/mol. The number of rotatable bonds is 3. The van der Waals surface area contributed by atoms with E-state index in [1.54, 1.807) is 12.1 Å². The molecule has 0 saturated heterocycles. The summed E-state index contributed by atoms with van der Waals surface area (Å²) in [4.78, 5) is 10.8. The first kappa shape index (κ1) is 18.2. The van der Waals surface area contributed by atoms with E-state index in [4.69, 9.17) is 5.11 Å². The van der Waals surface area contributed by atoms with Crippen LogP contribution in [0.5, 0.6) is 0 Å². The summed E-state index contributed by atoms with van der Waals surface area (Å²) in [6.07, 6.45) is 8.79. The van der Waals surface area contributed by atoms with Crippen molar-refractivity contribution in [2.75, 3.05) is 0 Å². The van der Waals surface area contributed by atoms with Gasteiger partial charge in [-0.15, -0.1) is 0 Å². The second-order valence-electron chi connectivity index (χ2n) is 7.55. The summed E-state index contributed by atoms with van der Waals surface area (Å²) in [7, 11) is 0. The predicted octanol–water partition coefficient (Wildman–Crippen LogP) is 5.60. The zero-order valence-electron chi connectivity index (χ0n) is 15.8. The first-order chi connectivity index (χ1) is 13.7. The molecule has 5 rings (SSSR count). The van der Waals surface area contributed by atoms with E-state index < -0.39 is 5.97 Å². The third kappa shape index (κ3) is 4.23. The molecule has 0 atom stereocenters. The van der Waals surface area contributed by atoms with E-state index in [1.165, 1.54) is 27.8 Å². The normalized spacial score (nSPS) is 14.1. The highest BCUT2D eigenvalue weighted by Gasteiger charge is 2.21. The van der Waals surface area contributed by atoms with Gasteiger partial charge in [-0.05, 0) is 71.6 Å². The molecule has 2 aliphatic carbocycles. The monoisotopic (exact) mass is 368 g/mol. The van der Waals surface area contributed by atoms with Gasteiger partial charge < -0.3 is 5.11 Å². The molecule has 28 heavy (non-hydrogen) atoms. The van der Waals surface area contributed by atoms with Crippen LogP contribution in [-0.2, 0) is 25.7 Å². The number of hydrogen-bond acceptors (Lipinski definition) is 1. The van der Waals surface area contributed by atoms with Crippen LogP contribution in [0.3, 0.4) is 0 Å². The molecule has 2 aliphatic rings. The molecule has 0 bridgehead atoms. The van der Waals surface area contributed by atoms with Gasteiger partial charge in [0, 0.05) is 0 Å². The van der Waals surface area contributed by atoms with Crippen molar-refractivity contribution in [3.63, 3.8) is 0 Å². The third-order valence-corrected chi connectivity index (χ3v) is 5.55. The van der Waals surface area contributed by atoms with Crippen molar-refractivity contribution >= 4 is 12.0 Å². The SMILES string of the molecule is C1=Cc2ccccc2C1.O=C(O)c1ccc(CC2Cc3ccccc3C2)cc1. The first-order valence-corrected chi connectivity index (χ1v) is 9.82. The molecule has 0 unspecified atom stereocenters. The Bertz CT molecular complexity index is 974. The Kier molecular flexibility index (Phi) is 5.38. The van der Waals surface area contributed by atoms with Crippen LogP contribution in [0.15, 0.2) is 78.9 Å². The van der Waals surface area contributed by atoms with Crippen LogP contribution in [0.1, 0.15) is 38.2 Å². The number of carboxylic acids is 1. The summed E-state index contributed by atoms with van der Waals surface area (Å²) >= 11 is 0. The minimum Gasteiger partial charge on any atom is -0.478 e. The van der Waals surface area contributed by atoms with Crippen molar-refractivity contribution in [1.29, 1.82) is 0 Å². The molecule has 0 aliphatic heterocycles. The van der Waals surface area contributed by atoms with Crippen molar-refractivity contribution in [3.05, 3.63) is 112 Å². The van der Waals surface area contributed by atoms with E-state index in [-0.39, 0.29) is 0 Å². The highest BCUT2D eigenvalue weighted by Crippen LogP contribution is 2.28. The summed E-state index contributed by atoms with van der Waals surface area (Å²) in [5.41, 5.74) is 7.36. The number of benzene rings is 3. The van der Waals surface area contributed by atoms with Crippen LogP contribution in [0.25, 0.3) is 6.08 Å². The van der Waals surface area contributed by atoms with Crippen LogP contribution in [0.2, 0.25) is 0 Å². The van der Waals surface area contributed by atoms with Gasteiger partial charge in [0.25, 0.3) is 0 Å². The smallest absolute Gasteiger partial charge is 0.335 e. The van der Waals surface area contributed by atoms with Crippen LogP contribution < -0.4 is 0 Å². The zero-order valence-corrected chi connectivity index (χ0v) is 15.8. The summed E-state index contributed by atoms with van der Waals surface area (Å²) in [5.74, 6) is -0.215. The Morgan fingerprint density at radius 2 is 1.43 bits per heavy atom. The van der Waals surface area contributed by atoms with E-state index in [0.29, 0.717) is 11.5 Å². The van der Waals surface area contributed by atoms with E-state index in [0.717, 1.165) is 25.7 Å². The summed E-state index contributed by atoms with van der Waals surface area (Å²) in [6.45, 7) is 0. The van der Waals surface area contributed by atoms with Gasteiger partial charge in [-0.25, -0.2) is 4.79 Å². The molecule has 3 aromatic rings. The minimum atomic E-state index is -0.861. The largest absolute Gasteiger partial charge is 0.478 e. The number of aromatic carboxylic acids is 1. The second-order valence-corrected chi connectivity index (χ2v) is 7.55. The first-order valence-electron chi connectivity index (χ1n) is 9.82. The summed E-state index contributed by atoms with van der Waals surface area (Å²) < 4.78 is 0. The van der Waals surface area contributed by atoms with Crippen molar-refractivity contribution in [2.24, 2.45) is 5.92 Å². The molecule has 2 heteroatoms. The minimum absolute atomic E-state index is 0.360. The third-order valence-electron chi connectivity index (χ3n) is 5.55. The number of hydrogen-bond donors (Lipinski definition) is 1. The summed E-state index contributed by atoms with van der Waals surface area (Å²) in [5, 5.41) is 8.88. The Hall–Kier alpha value is -3.13. The molecule has 0 heterocycles. The number of carbonyl (C=O) groups is 1. The molecular formula is C26H24O2. The van der Waals surface area contributed by atoms with Crippen LogP contribution in [-0.4, -0.2) is 11.1 Å². The average Bonchev–Trinajstić information content (AvgIpc) is 3.35. The lowest BCUT2D eigenvalue weighted by Gasteiger charge is -2.09. The van der Waals surface area contributed by atoms with E-state index in [1.807, 2.05) is 12.1 Å². The van der Waals surface area contributed by atoms with E-state index in [9.17, 15) is 4.79 Å². The fourth-order valence-electron chi connectivity index (χ4n) is 4.11. The molecule has 0 saturated carbocycles. The molecule has 0 fully saturated rings. The fraction of sp³-hybridized carbons (Fsp3) is 0.192. The number of carboxylic acid groups (broad SMARTS) is 1. The van der Waals surface area contributed by atoms with Crippen LogP contribution in [0.4, 0.5) is 0 Å². The van der Waals surface area contributed by atoms with Crippen molar-refractivity contribution in [2.45, 2.75) is 25.7 Å². The average molecular weight is 368 g/mol. The maximum absolute atomic E-state index is 10.8. The molecule has 1 N–H and O–H groups in total. The highest BCUT2D eigenvalue weighted by atomic mass is 16.4. The molecule has 0 amide bonds. The Labute approximate surface area is 166 Å². The van der Waals surface area contributed by atoms with Crippen LogP contribution in [0, 0.1) is 5.92 Å². The fourth-order valence-corrected chi connectivity index (χ4v) is 4.11. The van der Waals surface area contributed by atoms with Crippen molar-refractivity contribution in [3.8, 4) is 0 Å². The lowest BCUT2D eigenvalue weighted by Crippen LogP contribution is -2.04. The molecule has 0 aromatic heterocycles. The molecule has 140 valence electrons. The van der Waals surface area contributed by atoms with E-state index in [2.05, 4.69) is 60.7 Å². The maximum atomic E-state index is 10.8. The second kappa shape index (κ2) is 8.26. The van der Waals surface area contributed by atoms with Gasteiger partial charge in [-0.3, -0.25) is 0 Å². The van der Waals surface area contributed by atoms with Gasteiger partial charge >= 0.3 is 5.97 Å². The van der Waals surface area contributed by atoms with Gasteiger partial charge in [0.1, 0.15) is 0 Å².